The third kappa shape index (κ3) is 5.00. The van der Waals surface area contributed by atoms with E-state index in [0.29, 0.717) is 16.8 Å². The number of nitrogens with zero attached hydrogens (tertiary/aromatic N) is 1. The van der Waals surface area contributed by atoms with Crippen LogP contribution < -0.4 is 10.1 Å². The predicted octanol–water partition coefficient (Wildman–Crippen LogP) is 6.33. The second kappa shape index (κ2) is 8.88. The van der Waals surface area contributed by atoms with Crippen LogP contribution in [0.3, 0.4) is 0 Å². The Balaban J connectivity index is 1.62. The molecule has 0 bridgehead atoms. The number of aromatic nitrogens is 1. The molecule has 0 radical (unpaired) electrons. The van der Waals surface area contributed by atoms with Gasteiger partial charge >= 0.3 is 0 Å². The molecule has 0 saturated heterocycles. The van der Waals surface area contributed by atoms with E-state index >= 15 is 0 Å². The summed E-state index contributed by atoms with van der Waals surface area (Å²) in [6, 6.07) is 14.1. The number of benzene rings is 2. The molecule has 0 saturated carbocycles. The van der Waals surface area contributed by atoms with E-state index in [2.05, 4.69) is 59.1 Å². The second-order valence-electron chi connectivity index (χ2n) is 6.97. The van der Waals surface area contributed by atoms with Gasteiger partial charge in [0.15, 0.2) is 11.7 Å². The summed E-state index contributed by atoms with van der Waals surface area (Å²) in [6.45, 7) is 8.26. The number of carbonyl (C=O) groups excluding carboxylic acids is 1. The number of carbonyl (C=O) groups is 1. The van der Waals surface area contributed by atoms with E-state index in [1.807, 2.05) is 37.3 Å². The van der Waals surface area contributed by atoms with Gasteiger partial charge < -0.3 is 4.74 Å². The number of aryl methyl sites for hydroxylation is 2. The Morgan fingerprint density at radius 3 is 2.54 bits per heavy atom. The number of hydrogen-bond donors (Lipinski definition) is 1. The van der Waals surface area contributed by atoms with Crippen molar-refractivity contribution < 1.29 is 9.53 Å². The van der Waals surface area contributed by atoms with Crippen LogP contribution in [-0.2, 0) is 4.79 Å². The molecule has 4 nitrogen and oxygen atoms in total. The summed E-state index contributed by atoms with van der Waals surface area (Å²) < 4.78 is 6.50. The molecule has 1 N–H and O–H groups in total. The van der Waals surface area contributed by atoms with Crippen LogP contribution in [-0.4, -0.2) is 17.5 Å². The molecule has 1 heterocycles. The lowest BCUT2D eigenvalue weighted by molar-refractivity contribution is -0.118. The van der Waals surface area contributed by atoms with Crippen molar-refractivity contribution in [2.75, 3.05) is 11.9 Å². The highest BCUT2D eigenvalue weighted by atomic mass is 79.9. The number of amides is 1. The van der Waals surface area contributed by atoms with Crippen molar-refractivity contribution in [2.45, 2.75) is 33.6 Å². The molecule has 2 aromatic carbocycles. The highest BCUT2D eigenvalue weighted by Gasteiger charge is 2.13. The topological polar surface area (TPSA) is 51.2 Å². The summed E-state index contributed by atoms with van der Waals surface area (Å²) in [5, 5.41) is 3.41. The first-order valence-corrected chi connectivity index (χ1v) is 10.7. The summed E-state index contributed by atoms with van der Waals surface area (Å²) in [4.78, 5) is 17.9. The number of halogens is 1. The molecule has 1 aromatic heterocycles. The predicted molar refractivity (Wildman–Crippen MR) is 119 cm³/mol. The van der Waals surface area contributed by atoms with E-state index in [9.17, 15) is 4.79 Å². The monoisotopic (exact) mass is 458 g/mol. The Kier molecular flexibility index (Phi) is 6.52. The molecule has 0 spiro atoms. The summed E-state index contributed by atoms with van der Waals surface area (Å²) in [6.07, 6.45) is 0. The Morgan fingerprint density at radius 2 is 1.89 bits per heavy atom. The minimum atomic E-state index is -0.232. The molecule has 0 aliphatic heterocycles. The summed E-state index contributed by atoms with van der Waals surface area (Å²) in [5.74, 6) is 0.851. The average Bonchev–Trinajstić information content (AvgIpc) is 3.01. The van der Waals surface area contributed by atoms with Crippen LogP contribution in [0, 0.1) is 13.8 Å². The lowest BCUT2D eigenvalue weighted by Crippen LogP contribution is -2.20. The van der Waals surface area contributed by atoms with Crippen molar-refractivity contribution in [3.8, 4) is 17.0 Å². The molecular weight excluding hydrogens is 436 g/mol. The maximum absolute atomic E-state index is 12.3. The zero-order chi connectivity index (χ0) is 20.3. The first kappa shape index (κ1) is 20.6. The van der Waals surface area contributed by atoms with Crippen LogP contribution in [0.4, 0.5) is 5.13 Å². The number of anilines is 1. The van der Waals surface area contributed by atoms with Crippen LogP contribution in [0.5, 0.6) is 5.75 Å². The molecule has 0 fully saturated rings. The molecule has 0 aliphatic carbocycles. The minimum Gasteiger partial charge on any atom is -0.483 e. The van der Waals surface area contributed by atoms with Crippen molar-refractivity contribution in [3.05, 3.63) is 62.9 Å². The van der Waals surface area contributed by atoms with Crippen molar-refractivity contribution in [1.82, 2.24) is 4.98 Å². The first-order chi connectivity index (χ1) is 13.3. The van der Waals surface area contributed by atoms with Crippen LogP contribution in [0.15, 0.2) is 46.9 Å². The zero-order valence-corrected chi connectivity index (χ0v) is 18.8. The molecular formula is C22H23BrN2O2S. The van der Waals surface area contributed by atoms with Crippen LogP contribution in [0.1, 0.15) is 35.8 Å². The number of ether oxygens (including phenoxy) is 1. The molecule has 0 unspecified atom stereocenters. The normalized spacial score (nSPS) is 10.9. The van der Waals surface area contributed by atoms with Gasteiger partial charge in [-0.1, -0.05) is 49.7 Å². The first-order valence-electron chi connectivity index (χ1n) is 9.10. The molecule has 1 amide bonds. The summed E-state index contributed by atoms with van der Waals surface area (Å²) in [5.41, 5.74) is 4.36. The van der Waals surface area contributed by atoms with E-state index in [0.717, 1.165) is 20.6 Å². The lowest BCUT2D eigenvalue weighted by atomic mass is 10.0. The molecule has 146 valence electrons. The highest BCUT2D eigenvalue weighted by molar-refractivity contribution is 9.10. The van der Waals surface area contributed by atoms with Gasteiger partial charge in [0.1, 0.15) is 5.75 Å². The van der Waals surface area contributed by atoms with Gasteiger partial charge in [-0.25, -0.2) is 4.98 Å². The fourth-order valence-corrected chi connectivity index (χ4v) is 4.08. The number of nitrogens with one attached hydrogen (secondary N) is 1. The number of rotatable bonds is 6. The van der Waals surface area contributed by atoms with Gasteiger partial charge in [-0.3, -0.25) is 10.1 Å². The third-order valence-electron chi connectivity index (χ3n) is 4.35. The van der Waals surface area contributed by atoms with Crippen LogP contribution in [0.25, 0.3) is 11.3 Å². The van der Waals surface area contributed by atoms with Crippen molar-refractivity contribution in [3.63, 3.8) is 0 Å². The van der Waals surface area contributed by atoms with Gasteiger partial charge in [0, 0.05) is 10.4 Å². The number of hydrogen-bond acceptors (Lipinski definition) is 4. The average molecular weight is 459 g/mol. The van der Waals surface area contributed by atoms with E-state index in [4.69, 9.17) is 4.74 Å². The van der Waals surface area contributed by atoms with E-state index in [1.165, 1.54) is 22.5 Å². The van der Waals surface area contributed by atoms with Gasteiger partial charge in [0.05, 0.1) is 10.2 Å². The van der Waals surface area contributed by atoms with E-state index < -0.39 is 0 Å². The fraction of sp³-hybridized carbons (Fsp3) is 0.273. The zero-order valence-electron chi connectivity index (χ0n) is 16.4. The fourth-order valence-electron chi connectivity index (χ4n) is 2.72. The van der Waals surface area contributed by atoms with Crippen molar-refractivity contribution in [1.29, 1.82) is 0 Å². The number of thiazole rings is 1. The molecule has 28 heavy (non-hydrogen) atoms. The van der Waals surface area contributed by atoms with Gasteiger partial charge in [-0.05, 0) is 53.4 Å². The van der Waals surface area contributed by atoms with Crippen molar-refractivity contribution >= 4 is 38.3 Å². The SMILES string of the molecule is Cc1ccc(-c2nc(NC(=O)COc3ccc(C(C)C)cc3Br)sc2C)cc1. The maximum Gasteiger partial charge on any atom is 0.264 e. The Morgan fingerprint density at radius 1 is 1.18 bits per heavy atom. The van der Waals surface area contributed by atoms with Gasteiger partial charge in [-0.2, -0.15) is 0 Å². The smallest absolute Gasteiger partial charge is 0.264 e. The van der Waals surface area contributed by atoms with Gasteiger partial charge in [0.25, 0.3) is 5.91 Å². The summed E-state index contributed by atoms with van der Waals surface area (Å²) in [7, 11) is 0. The van der Waals surface area contributed by atoms with E-state index in [1.54, 1.807) is 0 Å². The Bertz CT molecular complexity index is 981. The van der Waals surface area contributed by atoms with E-state index in [-0.39, 0.29) is 12.5 Å². The lowest BCUT2D eigenvalue weighted by Gasteiger charge is -2.11. The second-order valence-corrected chi connectivity index (χ2v) is 9.03. The molecule has 0 aliphatic rings. The quantitative estimate of drug-likeness (QED) is 0.469. The van der Waals surface area contributed by atoms with Crippen molar-refractivity contribution in [2.24, 2.45) is 0 Å². The minimum absolute atomic E-state index is 0.0713. The largest absolute Gasteiger partial charge is 0.483 e. The summed E-state index contributed by atoms with van der Waals surface area (Å²) >= 11 is 4.97. The van der Waals surface area contributed by atoms with Crippen LogP contribution >= 0.6 is 27.3 Å². The standard InChI is InChI=1S/C22H23BrN2O2S/c1-13(2)17-9-10-19(18(23)11-17)27-12-20(26)24-22-25-21(15(4)28-22)16-7-5-14(3)6-8-16/h5-11,13H,12H2,1-4H3,(H,24,25,26). The Labute approximate surface area is 178 Å². The highest BCUT2D eigenvalue weighted by Crippen LogP contribution is 2.31. The molecule has 3 rings (SSSR count). The Hall–Kier alpha value is -2.18. The van der Waals surface area contributed by atoms with Gasteiger partial charge in [-0.15, -0.1) is 11.3 Å². The van der Waals surface area contributed by atoms with Gasteiger partial charge in [0.2, 0.25) is 0 Å². The third-order valence-corrected chi connectivity index (χ3v) is 5.86. The molecule has 3 aromatic rings. The van der Waals surface area contributed by atoms with Crippen LogP contribution in [0.2, 0.25) is 0 Å². The maximum atomic E-state index is 12.3. The molecule has 0 atom stereocenters. The molecule has 6 heteroatoms.